The van der Waals surface area contributed by atoms with E-state index in [2.05, 4.69) is 10.2 Å². The van der Waals surface area contributed by atoms with E-state index in [0.29, 0.717) is 32.0 Å². The van der Waals surface area contributed by atoms with Crippen LogP contribution in [0.1, 0.15) is 25.8 Å². The standard InChI is InChI=1S/C24H31FN2O4/c1-3-29-23(24(28)30-4-2)16-18-6-9-20(10-7-18)26-12-5-13-27-14-15-31-22-17-19(25)8-11-21(22)27/h6-11,17,23,26H,3-5,12-16H2,1-2H3/t23-/m0/s1. The third-order valence-corrected chi connectivity index (χ3v) is 5.11. The summed E-state index contributed by atoms with van der Waals surface area (Å²) in [4.78, 5) is 14.2. The van der Waals surface area contributed by atoms with Gasteiger partial charge in [-0.1, -0.05) is 12.1 Å². The molecule has 2 aromatic carbocycles. The number of benzene rings is 2. The van der Waals surface area contributed by atoms with Gasteiger partial charge in [-0.25, -0.2) is 9.18 Å². The van der Waals surface area contributed by atoms with Crippen molar-refractivity contribution in [1.82, 2.24) is 0 Å². The highest BCUT2D eigenvalue weighted by atomic mass is 19.1. The molecule has 6 nitrogen and oxygen atoms in total. The maximum Gasteiger partial charge on any atom is 0.335 e. The van der Waals surface area contributed by atoms with E-state index >= 15 is 0 Å². The van der Waals surface area contributed by atoms with Gasteiger partial charge in [0.1, 0.15) is 18.2 Å². The average molecular weight is 431 g/mol. The van der Waals surface area contributed by atoms with Crippen LogP contribution in [0, 0.1) is 5.82 Å². The molecule has 1 N–H and O–H groups in total. The van der Waals surface area contributed by atoms with Crippen molar-refractivity contribution in [3.8, 4) is 5.75 Å². The Bertz CT molecular complexity index is 844. The lowest BCUT2D eigenvalue weighted by Gasteiger charge is -2.31. The number of carbonyl (C=O) groups is 1. The molecule has 1 atom stereocenters. The Hall–Kier alpha value is -2.80. The van der Waals surface area contributed by atoms with Crippen molar-refractivity contribution in [2.24, 2.45) is 0 Å². The molecule has 0 spiro atoms. The molecule has 31 heavy (non-hydrogen) atoms. The molecule has 0 saturated heterocycles. The van der Waals surface area contributed by atoms with E-state index in [9.17, 15) is 9.18 Å². The summed E-state index contributed by atoms with van der Waals surface area (Å²) in [6, 6.07) is 12.7. The predicted octanol–water partition coefficient (Wildman–Crippen LogP) is 4.04. The Morgan fingerprint density at radius 1 is 1.19 bits per heavy atom. The van der Waals surface area contributed by atoms with E-state index in [1.807, 2.05) is 31.2 Å². The maximum absolute atomic E-state index is 13.4. The molecule has 1 aliphatic rings. The Morgan fingerprint density at radius 2 is 2.00 bits per heavy atom. The number of ether oxygens (including phenoxy) is 3. The van der Waals surface area contributed by atoms with Crippen LogP contribution < -0.4 is 15.0 Å². The van der Waals surface area contributed by atoms with Crippen molar-refractivity contribution in [3.63, 3.8) is 0 Å². The number of hydrogen-bond acceptors (Lipinski definition) is 6. The maximum atomic E-state index is 13.4. The summed E-state index contributed by atoms with van der Waals surface area (Å²) in [5.41, 5.74) is 2.99. The van der Waals surface area contributed by atoms with Crippen LogP contribution in [0.5, 0.6) is 5.75 Å². The third kappa shape index (κ3) is 6.59. The molecule has 2 aromatic rings. The SMILES string of the molecule is CCOC(=O)[C@H](Cc1ccc(NCCCN2CCOc3cc(F)ccc32)cc1)OCC. The summed E-state index contributed by atoms with van der Waals surface area (Å²) in [5, 5.41) is 3.43. The van der Waals surface area contributed by atoms with Gasteiger partial charge >= 0.3 is 5.97 Å². The fourth-order valence-electron chi connectivity index (χ4n) is 3.61. The third-order valence-electron chi connectivity index (χ3n) is 5.11. The molecule has 1 aliphatic heterocycles. The van der Waals surface area contributed by atoms with Crippen LogP contribution in [-0.4, -0.2) is 51.5 Å². The van der Waals surface area contributed by atoms with E-state index in [0.717, 1.165) is 43.0 Å². The number of nitrogens with one attached hydrogen (secondary N) is 1. The molecule has 168 valence electrons. The normalized spacial score (nSPS) is 13.8. The van der Waals surface area contributed by atoms with Gasteiger partial charge in [-0.3, -0.25) is 0 Å². The molecule has 0 saturated carbocycles. The van der Waals surface area contributed by atoms with Gasteiger partial charge in [-0.15, -0.1) is 0 Å². The van der Waals surface area contributed by atoms with Gasteiger partial charge in [-0.05, 0) is 50.1 Å². The average Bonchev–Trinajstić information content (AvgIpc) is 2.77. The minimum atomic E-state index is -0.575. The zero-order chi connectivity index (χ0) is 22.1. The Kier molecular flexibility index (Phi) is 8.53. The van der Waals surface area contributed by atoms with Gasteiger partial charge < -0.3 is 24.4 Å². The van der Waals surface area contributed by atoms with Crippen molar-refractivity contribution in [2.45, 2.75) is 32.8 Å². The van der Waals surface area contributed by atoms with Crippen molar-refractivity contribution in [1.29, 1.82) is 0 Å². The highest BCUT2D eigenvalue weighted by molar-refractivity contribution is 5.75. The first kappa shape index (κ1) is 22.9. The molecule has 0 amide bonds. The van der Waals surface area contributed by atoms with Crippen molar-refractivity contribution >= 4 is 17.3 Å². The lowest BCUT2D eigenvalue weighted by Crippen LogP contribution is -2.34. The van der Waals surface area contributed by atoms with Crippen LogP contribution in [-0.2, 0) is 20.7 Å². The molecule has 0 aliphatic carbocycles. The molecule has 0 aromatic heterocycles. The van der Waals surface area contributed by atoms with Crippen LogP contribution in [0.3, 0.4) is 0 Å². The van der Waals surface area contributed by atoms with Crippen LogP contribution in [0.2, 0.25) is 0 Å². The summed E-state index contributed by atoms with van der Waals surface area (Å²) in [6.45, 7) is 7.52. The first-order valence-electron chi connectivity index (χ1n) is 10.9. The summed E-state index contributed by atoms with van der Waals surface area (Å²) < 4.78 is 29.6. The number of nitrogens with zero attached hydrogens (tertiary/aromatic N) is 1. The quantitative estimate of drug-likeness (QED) is 0.429. The first-order valence-corrected chi connectivity index (χ1v) is 10.9. The lowest BCUT2D eigenvalue weighted by atomic mass is 10.1. The number of fused-ring (bicyclic) bond motifs is 1. The monoisotopic (exact) mass is 430 g/mol. The molecule has 0 radical (unpaired) electrons. The van der Waals surface area contributed by atoms with Gasteiger partial charge in [-0.2, -0.15) is 0 Å². The van der Waals surface area contributed by atoms with Crippen LogP contribution in [0.25, 0.3) is 0 Å². The summed E-state index contributed by atoms with van der Waals surface area (Å²) in [5.74, 6) is 0.0162. The van der Waals surface area contributed by atoms with Crippen LogP contribution in [0.15, 0.2) is 42.5 Å². The first-order chi connectivity index (χ1) is 15.1. The van der Waals surface area contributed by atoms with Gasteiger partial charge in [0, 0.05) is 37.9 Å². The Labute approximate surface area is 183 Å². The summed E-state index contributed by atoms with van der Waals surface area (Å²) in [7, 11) is 0. The predicted molar refractivity (Wildman–Crippen MR) is 119 cm³/mol. The van der Waals surface area contributed by atoms with Crippen molar-refractivity contribution in [2.75, 3.05) is 49.7 Å². The van der Waals surface area contributed by atoms with Gasteiger partial charge in [0.2, 0.25) is 0 Å². The van der Waals surface area contributed by atoms with Gasteiger partial charge in [0.05, 0.1) is 18.8 Å². The van der Waals surface area contributed by atoms with E-state index < -0.39 is 6.10 Å². The Morgan fingerprint density at radius 3 is 2.74 bits per heavy atom. The summed E-state index contributed by atoms with van der Waals surface area (Å²) in [6.07, 6.45) is 0.853. The largest absolute Gasteiger partial charge is 0.489 e. The van der Waals surface area contributed by atoms with E-state index in [1.165, 1.54) is 12.1 Å². The number of esters is 1. The zero-order valence-corrected chi connectivity index (χ0v) is 18.2. The number of halogens is 1. The molecule has 0 fully saturated rings. The number of hydrogen-bond donors (Lipinski definition) is 1. The zero-order valence-electron chi connectivity index (χ0n) is 18.2. The van der Waals surface area contributed by atoms with E-state index in [1.54, 1.807) is 13.0 Å². The van der Waals surface area contributed by atoms with Gasteiger partial charge in [0.15, 0.2) is 6.10 Å². The second kappa shape index (κ2) is 11.6. The number of rotatable bonds is 11. The number of carbonyl (C=O) groups excluding carboxylic acids is 1. The summed E-state index contributed by atoms with van der Waals surface area (Å²) >= 11 is 0. The highest BCUT2D eigenvalue weighted by Crippen LogP contribution is 2.32. The minimum Gasteiger partial charge on any atom is -0.489 e. The van der Waals surface area contributed by atoms with Crippen molar-refractivity contribution < 1.29 is 23.4 Å². The fraction of sp³-hybridized carbons (Fsp3) is 0.458. The smallest absolute Gasteiger partial charge is 0.335 e. The van der Waals surface area contributed by atoms with Crippen LogP contribution in [0.4, 0.5) is 15.8 Å². The lowest BCUT2D eigenvalue weighted by molar-refractivity contribution is -0.156. The van der Waals surface area contributed by atoms with E-state index in [-0.39, 0.29) is 11.8 Å². The fourth-order valence-corrected chi connectivity index (χ4v) is 3.61. The van der Waals surface area contributed by atoms with Crippen molar-refractivity contribution in [3.05, 3.63) is 53.8 Å². The Balaban J connectivity index is 1.45. The molecule has 1 heterocycles. The highest BCUT2D eigenvalue weighted by Gasteiger charge is 2.20. The van der Waals surface area contributed by atoms with Crippen LogP contribution >= 0.6 is 0 Å². The molecule has 0 unspecified atom stereocenters. The molecule has 0 bridgehead atoms. The minimum absolute atomic E-state index is 0.277. The topological polar surface area (TPSA) is 60.0 Å². The molecular formula is C24H31FN2O4. The molecular weight excluding hydrogens is 399 g/mol. The molecule has 3 rings (SSSR count). The van der Waals surface area contributed by atoms with E-state index in [4.69, 9.17) is 14.2 Å². The van der Waals surface area contributed by atoms with Gasteiger partial charge in [0.25, 0.3) is 0 Å². The number of anilines is 2. The second-order valence-electron chi connectivity index (χ2n) is 7.32. The second-order valence-corrected chi connectivity index (χ2v) is 7.32. The molecule has 7 heteroatoms.